The van der Waals surface area contributed by atoms with Crippen molar-refractivity contribution in [3.63, 3.8) is 0 Å². The summed E-state index contributed by atoms with van der Waals surface area (Å²) in [6.07, 6.45) is 0. The summed E-state index contributed by atoms with van der Waals surface area (Å²) in [5, 5.41) is 14.3. The Kier molecular flexibility index (Phi) is 6.48. The average Bonchev–Trinajstić information content (AvgIpc) is 2.46. The van der Waals surface area contributed by atoms with Crippen LogP contribution in [-0.4, -0.2) is 55.8 Å². The molecule has 116 valence electrons. The normalized spacial score (nSPS) is 10.3. The number of methoxy groups -OCH3 is 1. The molecule has 21 heavy (non-hydrogen) atoms. The van der Waals surface area contributed by atoms with E-state index in [1.54, 1.807) is 0 Å². The standard InChI is InChI=1S/C14H21N3O4/c1-4-17(2)8-7-15-14(20)16-10-5-6-11(13(18)19)12(9-10)21-3/h5-6,9H,4,7-8H2,1-3H3,(H,18,19)(H2,15,16,20). The van der Waals surface area contributed by atoms with Crippen molar-refractivity contribution >= 4 is 17.7 Å². The van der Waals surface area contributed by atoms with E-state index in [4.69, 9.17) is 9.84 Å². The van der Waals surface area contributed by atoms with E-state index in [0.717, 1.165) is 13.1 Å². The number of carboxylic acids is 1. The largest absolute Gasteiger partial charge is 0.496 e. The van der Waals surface area contributed by atoms with Gasteiger partial charge in [0.25, 0.3) is 0 Å². The molecule has 0 aliphatic rings. The van der Waals surface area contributed by atoms with E-state index >= 15 is 0 Å². The summed E-state index contributed by atoms with van der Waals surface area (Å²) in [4.78, 5) is 24.7. The van der Waals surface area contributed by atoms with Gasteiger partial charge in [-0.3, -0.25) is 0 Å². The smallest absolute Gasteiger partial charge is 0.339 e. The molecular weight excluding hydrogens is 274 g/mol. The van der Waals surface area contributed by atoms with Gasteiger partial charge in [-0.05, 0) is 25.7 Å². The summed E-state index contributed by atoms with van der Waals surface area (Å²) in [5.41, 5.74) is 0.520. The molecular formula is C14H21N3O4. The van der Waals surface area contributed by atoms with Crippen molar-refractivity contribution in [2.75, 3.05) is 39.1 Å². The second kappa shape index (κ2) is 8.11. The van der Waals surface area contributed by atoms with Crippen LogP contribution >= 0.6 is 0 Å². The lowest BCUT2D eigenvalue weighted by Crippen LogP contribution is -2.35. The summed E-state index contributed by atoms with van der Waals surface area (Å²) in [5.74, 6) is -0.878. The number of rotatable bonds is 7. The molecule has 0 aliphatic carbocycles. The number of ether oxygens (including phenoxy) is 1. The monoisotopic (exact) mass is 295 g/mol. The lowest BCUT2D eigenvalue weighted by atomic mass is 10.2. The number of benzene rings is 1. The van der Waals surface area contributed by atoms with Crippen LogP contribution in [0.4, 0.5) is 10.5 Å². The second-order valence-corrected chi connectivity index (χ2v) is 4.50. The molecule has 0 aromatic heterocycles. The lowest BCUT2D eigenvalue weighted by Gasteiger charge is -2.14. The Balaban J connectivity index is 2.58. The van der Waals surface area contributed by atoms with Crippen molar-refractivity contribution in [2.45, 2.75) is 6.92 Å². The third-order valence-electron chi connectivity index (χ3n) is 3.01. The first-order valence-electron chi connectivity index (χ1n) is 6.62. The predicted octanol–water partition coefficient (Wildman–Crippen LogP) is 1.47. The lowest BCUT2D eigenvalue weighted by molar-refractivity contribution is 0.0693. The Labute approximate surface area is 123 Å². The zero-order valence-corrected chi connectivity index (χ0v) is 12.5. The number of hydrogen-bond donors (Lipinski definition) is 3. The minimum atomic E-state index is -1.08. The number of carbonyl (C=O) groups is 2. The molecule has 0 atom stereocenters. The van der Waals surface area contributed by atoms with Crippen molar-refractivity contribution in [3.8, 4) is 5.75 Å². The molecule has 2 amide bonds. The fourth-order valence-corrected chi connectivity index (χ4v) is 1.64. The van der Waals surface area contributed by atoms with E-state index in [2.05, 4.69) is 15.5 Å². The number of nitrogens with one attached hydrogen (secondary N) is 2. The van der Waals surface area contributed by atoms with Crippen LogP contribution in [0.3, 0.4) is 0 Å². The summed E-state index contributed by atoms with van der Waals surface area (Å²) < 4.78 is 5.00. The molecule has 0 aliphatic heterocycles. The third-order valence-corrected chi connectivity index (χ3v) is 3.01. The van der Waals surface area contributed by atoms with Crippen molar-refractivity contribution in [3.05, 3.63) is 23.8 Å². The van der Waals surface area contributed by atoms with E-state index in [1.807, 2.05) is 14.0 Å². The maximum atomic E-state index is 11.7. The van der Waals surface area contributed by atoms with E-state index in [1.165, 1.54) is 25.3 Å². The van der Waals surface area contributed by atoms with Crippen molar-refractivity contribution in [1.82, 2.24) is 10.2 Å². The fraction of sp³-hybridized carbons (Fsp3) is 0.429. The van der Waals surface area contributed by atoms with Crippen LogP contribution in [0.2, 0.25) is 0 Å². The molecule has 0 fully saturated rings. The molecule has 7 heteroatoms. The number of nitrogens with zero attached hydrogens (tertiary/aromatic N) is 1. The van der Waals surface area contributed by atoms with E-state index in [0.29, 0.717) is 12.2 Å². The predicted molar refractivity (Wildman–Crippen MR) is 80.1 cm³/mol. The molecule has 0 radical (unpaired) electrons. The molecule has 0 spiro atoms. The van der Waals surface area contributed by atoms with Gasteiger partial charge in [0.05, 0.1) is 7.11 Å². The highest BCUT2D eigenvalue weighted by molar-refractivity contribution is 5.94. The molecule has 7 nitrogen and oxygen atoms in total. The highest BCUT2D eigenvalue weighted by Gasteiger charge is 2.12. The quantitative estimate of drug-likeness (QED) is 0.708. The SMILES string of the molecule is CCN(C)CCNC(=O)Nc1ccc(C(=O)O)c(OC)c1. The zero-order chi connectivity index (χ0) is 15.8. The van der Waals surface area contributed by atoms with Gasteiger partial charge in [0.15, 0.2) is 0 Å². The number of urea groups is 1. The molecule has 0 saturated carbocycles. The van der Waals surface area contributed by atoms with E-state index in [-0.39, 0.29) is 17.3 Å². The molecule has 0 unspecified atom stereocenters. The number of hydrogen-bond acceptors (Lipinski definition) is 4. The first kappa shape index (κ1) is 16.8. The zero-order valence-electron chi connectivity index (χ0n) is 12.5. The molecule has 1 aromatic carbocycles. The van der Waals surface area contributed by atoms with Crippen molar-refractivity contribution in [1.29, 1.82) is 0 Å². The Hall–Kier alpha value is -2.28. The Morgan fingerprint density at radius 3 is 2.67 bits per heavy atom. The van der Waals surface area contributed by atoms with Crippen LogP contribution < -0.4 is 15.4 Å². The van der Waals surface area contributed by atoms with Crippen LogP contribution in [0.25, 0.3) is 0 Å². The fourth-order valence-electron chi connectivity index (χ4n) is 1.64. The summed E-state index contributed by atoms with van der Waals surface area (Å²) in [6.45, 7) is 4.24. The van der Waals surface area contributed by atoms with Gasteiger partial charge in [-0.1, -0.05) is 6.92 Å². The van der Waals surface area contributed by atoms with Crippen LogP contribution in [-0.2, 0) is 0 Å². The first-order valence-corrected chi connectivity index (χ1v) is 6.62. The van der Waals surface area contributed by atoms with Gasteiger partial charge in [0.1, 0.15) is 11.3 Å². The number of carbonyl (C=O) groups excluding carboxylic acids is 1. The van der Waals surface area contributed by atoms with E-state index < -0.39 is 5.97 Å². The summed E-state index contributed by atoms with van der Waals surface area (Å²) >= 11 is 0. The van der Waals surface area contributed by atoms with Crippen LogP contribution in [0.5, 0.6) is 5.75 Å². The minimum absolute atomic E-state index is 0.0491. The van der Waals surface area contributed by atoms with Gasteiger partial charge in [-0.15, -0.1) is 0 Å². The van der Waals surface area contributed by atoms with Gasteiger partial charge in [-0.2, -0.15) is 0 Å². The number of anilines is 1. The van der Waals surface area contributed by atoms with Gasteiger partial charge < -0.3 is 25.4 Å². The third kappa shape index (κ3) is 5.31. The maximum absolute atomic E-state index is 11.7. The van der Waals surface area contributed by atoms with E-state index in [9.17, 15) is 9.59 Å². The number of likely N-dealkylation sites (N-methyl/N-ethyl adjacent to an activating group) is 1. The molecule has 1 rings (SSSR count). The number of aromatic carboxylic acids is 1. The Bertz CT molecular complexity index is 505. The molecule has 0 heterocycles. The minimum Gasteiger partial charge on any atom is -0.496 e. The molecule has 1 aromatic rings. The summed E-state index contributed by atoms with van der Waals surface area (Å²) in [6, 6.07) is 4.04. The second-order valence-electron chi connectivity index (χ2n) is 4.50. The van der Waals surface area contributed by atoms with Gasteiger partial charge in [0, 0.05) is 24.8 Å². The van der Waals surface area contributed by atoms with Crippen molar-refractivity contribution in [2.24, 2.45) is 0 Å². The molecule has 0 saturated heterocycles. The highest BCUT2D eigenvalue weighted by atomic mass is 16.5. The first-order chi connectivity index (χ1) is 9.97. The van der Waals surface area contributed by atoms with Gasteiger partial charge >= 0.3 is 12.0 Å². The van der Waals surface area contributed by atoms with Crippen molar-refractivity contribution < 1.29 is 19.4 Å². The Morgan fingerprint density at radius 2 is 2.10 bits per heavy atom. The maximum Gasteiger partial charge on any atom is 0.339 e. The molecule has 0 bridgehead atoms. The van der Waals surface area contributed by atoms with Crippen LogP contribution in [0.15, 0.2) is 18.2 Å². The summed E-state index contributed by atoms with van der Waals surface area (Å²) in [7, 11) is 3.35. The topological polar surface area (TPSA) is 90.9 Å². The van der Waals surface area contributed by atoms with Gasteiger partial charge in [0.2, 0.25) is 0 Å². The van der Waals surface area contributed by atoms with Crippen LogP contribution in [0.1, 0.15) is 17.3 Å². The highest BCUT2D eigenvalue weighted by Crippen LogP contribution is 2.23. The molecule has 3 N–H and O–H groups in total. The average molecular weight is 295 g/mol. The number of carboxylic acid groups (broad SMARTS) is 1. The van der Waals surface area contributed by atoms with Gasteiger partial charge in [-0.25, -0.2) is 9.59 Å². The number of amides is 2. The van der Waals surface area contributed by atoms with Crippen LogP contribution in [0, 0.1) is 0 Å². The Morgan fingerprint density at radius 1 is 1.38 bits per heavy atom.